The van der Waals surface area contributed by atoms with Crippen molar-refractivity contribution >= 4 is 5.69 Å². The Hall–Kier alpha value is -0.990. The molecule has 0 aliphatic heterocycles. The minimum atomic E-state index is 0.422. The zero-order chi connectivity index (χ0) is 13.6. The monoisotopic (exact) mass is 249 g/mol. The van der Waals surface area contributed by atoms with E-state index in [1.54, 1.807) is 0 Å². The van der Waals surface area contributed by atoms with Crippen molar-refractivity contribution in [1.29, 1.82) is 0 Å². The van der Waals surface area contributed by atoms with Gasteiger partial charge in [0, 0.05) is 6.04 Å². The van der Waals surface area contributed by atoms with Crippen LogP contribution in [0.2, 0.25) is 0 Å². The molecule has 1 aromatic heterocycles. The maximum absolute atomic E-state index is 4.27. The SMILES string of the molecule is Cc1n[nH]c(C)c1NC1CC(C)(C)CC(C)(C)C1. The molecular formula is C15H27N3. The molecule has 1 saturated carbocycles. The Morgan fingerprint density at radius 3 is 2.11 bits per heavy atom. The molecule has 0 saturated heterocycles. The molecule has 1 heterocycles. The van der Waals surface area contributed by atoms with Crippen LogP contribution in [0.4, 0.5) is 5.69 Å². The van der Waals surface area contributed by atoms with Crippen molar-refractivity contribution in [3.8, 4) is 0 Å². The lowest BCUT2D eigenvalue weighted by Crippen LogP contribution is -2.40. The topological polar surface area (TPSA) is 40.7 Å². The quantitative estimate of drug-likeness (QED) is 0.830. The fraction of sp³-hybridized carbons (Fsp3) is 0.800. The number of aryl methyl sites for hydroxylation is 2. The van der Waals surface area contributed by atoms with Crippen molar-refractivity contribution in [1.82, 2.24) is 10.2 Å². The number of aromatic nitrogens is 2. The fourth-order valence-electron chi connectivity index (χ4n) is 3.92. The van der Waals surface area contributed by atoms with Crippen LogP contribution >= 0.6 is 0 Å². The van der Waals surface area contributed by atoms with Crippen LogP contribution in [0.5, 0.6) is 0 Å². The van der Waals surface area contributed by atoms with Gasteiger partial charge in [0.25, 0.3) is 0 Å². The zero-order valence-corrected chi connectivity index (χ0v) is 12.6. The summed E-state index contributed by atoms with van der Waals surface area (Å²) in [6.45, 7) is 13.7. The van der Waals surface area contributed by atoms with Crippen molar-refractivity contribution in [3.05, 3.63) is 11.4 Å². The lowest BCUT2D eigenvalue weighted by Gasteiger charge is -2.45. The Labute approximate surface area is 111 Å². The Morgan fingerprint density at radius 2 is 1.67 bits per heavy atom. The van der Waals surface area contributed by atoms with E-state index in [0.29, 0.717) is 16.9 Å². The first-order valence-corrected chi connectivity index (χ1v) is 6.97. The van der Waals surface area contributed by atoms with Crippen LogP contribution in [0.25, 0.3) is 0 Å². The van der Waals surface area contributed by atoms with Gasteiger partial charge in [-0.25, -0.2) is 0 Å². The lowest BCUT2D eigenvalue weighted by molar-refractivity contribution is 0.105. The summed E-state index contributed by atoms with van der Waals surface area (Å²) in [4.78, 5) is 0. The van der Waals surface area contributed by atoms with Gasteiger partial charge < -0.3 is 5.32 Å². The second-order valence-corrected chi connectivity index (χ2v) is 7.56. The molecule has 3 heteroatoms. The van der Waals surface area contributed by atoms with E-state index in [-0.39, 0.29) is 0 Å². The van der Waals surface area contributed by atoms with Crippen molar-refractivity contribution in [3.63, 3.8) is 0 Å². The molecule has 3 nitrogen and oxygen atoms in total. The van der Waals surface area contributed by atoms with Crippen LogP contribution in [0.3, 0.4) is 0 Å². The minimum absolute atomic E-state index is 0.422. The van der Waals surface area contributed by atoms with Gasteiger partial charge in [-0.2, -0.15) is 5.10 Å². The predicted molar refractivity (Wildman–Crippen MR) is 76.9 cm³/mol. The summed E-state index contributed by atoms with van der Waals surface area (Å²) in [5.74, 6) is 0. The zero-order valence-electron chi connectivity index (χ0n) is 12.6. The minimum Gasteiger partial charge on any atom is -0.379 e. The largest absolute Gasteiger partial charge is 0.379 e. The van der Waals surface area contributed by atoms with Crippen molar-refractivity contribution < 1.29 is 0 Å². The van der Waals surface area contributed by atoms with Crippen LogP contribution in [-0.4, -0.2) is 16.2 Å². The molecule has 0 bridgehead atoms. The predicted octanol–water partition coefficient (Wildman–Crippen LogP) is 4.04. The van der Waals surface area contributed by atoms with E-state index in [9.17, 15) is 0 Å². The van der Waals surface area contributed by atoms with Crippen LogP contribution in [0, 0.1) is 24.7 Å². The highest BCUT2D eigenvalue weighted by molar-refractivity contribution is 5.52. The highest BCUT2D eigenvalue weighted by atomic mass is 15.2. The molecule has 102 valence electrons. The molecule has 1 aliphatic carbocycles. The molecule has 0 atom stereocenters. The maximum atomic E-state index is 4.27. The first kappa shape index (κ1) is 13.4. The Bertz CT molecular complexity index is 393. The number of rotatable bonds is 2. The molecule has 2 rings (SSSR count). The van der Waals surface area contributed by atoms with Crippen molar-refractivity contribution in [2.75, 3.05) is 5.32 Å². The second kappa shape index (κ2) is 4.29. The van der Waals surface area contributed by atoms with E-state index >= 15 is 0 Å². The maximum Gasteiger partial charge on any atom is 0.0825 e. The molecule has 0 unspecified atom stereocenters. The summed E-state index contributed by atoms with van der Waals surface area (Å²) in [5.41, 5.74) is 4.27. The molecule has 1 aliphatic rings. The number of hydrogen-bond donors (Lipinski definition) is 2. The highest BCUT2D eigenvalue weighted by Crippen LogP contribution is 2.46. The molecule has 0 amide bonds. The van der Waals surface area contributed by atoms with Crippen LogP contribution in [-0.2, 0) is 0 Å². The van der Waals surface area contributed by atoms with E-state index in [1.807, 2.05) is 0 Å². The van der Waals surface area contributed by atoms with E-state index < -0.39 is 0 Å². The number of hydrogen-bond acceptors (Lipinski definition) is 2. The van der Waals surface area contributed by atoms with Gasteiger partial charge in [-0.3, -0.25) is 5.10 Å². The third kappa shape index (κ3) is 2.88. The third-order valence-electron chi connectivity index (χ3n) is 4.03. The fourth-order valence-corrected chi connectivity index (χ4v) is 3.92. The van der Waals surface area contributed by atoms with Crippen LogP contribution in [0.1, 0.15) is 58.3 Å². The molecule has 1 fully saturated rings. The van der Waals surface area contributed by atoms with Crippen LogP contribution in [0.15, 0.2) is 0 Å². The Kier molecular flexibility index (Phi) is 3.20. The van der Waals surface area contributed by atoms with Gasteiger partial charge in [0.1, 0.15) is 0 Å². The van der Waals surface area contributed by atoms with Crippen molar-refractivity contribution in [2.45, 2.75) is 66.8 Å². The van der Waals surface area contributed by atoms with Gasteiger partial charge in [0.15, 0.2) is 0 Å². The van der Waals surface area contributed by atoms with E-state index in [0.717, 1.165) is 11.4 Å². The first-order chi connectivity index (χ1) is 8.19. The Balaban J connectivity index is 2.14. The van der Waals surface area contributed by atoms with Gasteiger partial charge in [-0.1, -0.05) is 27.7 Å². The summed E-state index contributed by atoms with van der Waals surface area (Å²) in [7, 11) is 0. The standard InChI is InChI=1S/C15H27N3/c1-10-13(11(2)18-17-10)16-12-7-14(3,4)9-15(5,6)8-12/h12,16H,7-9H2,1-6H3,(H,17,18). The number of H-pyrrole nitrogens is 1. The Morgan fingerprint density at radius 1 is 1.11 bits per heavy atom. The molecular weight excluding hydrogens is 222 g/mol. The molecule has 18 heavy (non-hydrogen) atoms. The molecule has 0 aromatic carbocycles. The van der Waals surface area contributed by atoms with E-state index in [1.165, 1.54) is 24.9 Å². The van der Waals surface area contributed by atoms with E-state index in [2.05, 4.69) is 57.1 Å². The van der Waals surface area contributed by atoms with Gasteiger partial charge in [0.2, 0.25) is 0 Å². The highest BCUT2D eigenvalue weighted by Gasteiger charge is 2.38. The van der Waals surface area contributed by atoms with Gasteiger partial charge in [-0.05, 0) is 43.9 Å². The van der Waals surface area contributed by atoms with Crippen molar-refractivity contribution in [2.24, 2.45) is 10.8 Å². The summed E-state index contributed by atoms with van der Waals surface area (Å²) in [6.07, 6.45) is 3.78. The van der Waals surface area contributed by atoms with Gasteiger partial charge >= 0.3 is 0 Å². The summed E-state index contributed by atoms with van der Waals surface area (Å²) < 4.78 is 0. The molecule has 2 N–H and O–H groups in total. The second-order valence-electron chi connectivity index (χ2n) is 7.56. The normalized spacial score (nSPS) is 23.0. The van der Waals surface area contributed by atoms with Crippen LogP contribution < -0.4 is 5.32 Å². The van der Waals surface area contributed by atoms with E-state index in [4.69, 9.17) is 0 Å². The number of aromatic amines is 1. The lowest BCUT2D eigenvalue weighted by atomic mass is 9.63. The summed E-state index contributed by atoms with van der Waals surface area (Å²) >= 11 is 0. The summed E-state index contributed by atoms with van der Waals surface area (Å²) in [5, 5.41) is 11.0. The van der Waals surface area contributed by atoms with Gasteiger partial charge in [-0.15, -0.1) is 0 Å². The number of anilines is 1. The third-order valence-corrected chi connectivity index (χ3v) is 4.03. The smallest absolute Gasteiger partial charge is 0.0825 e. The number of nitrogens with zero attached hydrogens (tertiary/aromatic N) is 1. The molecule has 0 spiro atoms. The first-order valence-electron chi connectivity index (χ1n) is 6.97. The average Bonchev–Trinajstić information content (AvgIpc) is 2.44. The van der Waals surface area contributed by atoms with Gasteiger partial charge in [0.05, 0.1) is 17.1 Å². The molecule has 1 aromatic rings. The summed E-state index contributed by atoms with van der Waals surface area (Å²) in [6, 6.07) is 0.554. The molecule has 0 radical (unpaired) electrons. The number of nitrogens with one attached hydrogen (secondary N) is 2. The average molecular weight is 249 g/mol.